The van der Waals surface area contributed by atoms with Gasteiger partial charge in [0.25, 0.3) is 0 Å². The van der Waals surface area contributed by atoms with Crippen LogP contribution in [0.5, 0.6) is 0 Å². The minimum atomic E-state index is 0.565. The molecule has 0 spiro atoms. The average Bonchev–Trinajstić information content (AvgIpc) is 2.23. The van der Waals surface area contributed by atoms with Gasteiger partial charge in [0.15, 0.2) is 0 Å². The maximum absolute atomic E-state index is 5.30. The van der Waals surface area contributed by atoms with Crippen molar-refractivity contribution in [3.05, 3.63) is 22.3 Å². The molecule has 1 heterocycles. The van der Waals surface area contributed by atoms with Crippen LogP contribution in [-0.2, 0) is 4.74 Å². The maximum Gasteiger partial charge on any atom is 0.126 e. The summed E-state index contributed by atoms with van der Waals surface area (Å²) in [5.74, 6) is 0.868. The number of nitrogens with zero attached hydrogens (tertiary/aromatic N) is 1. The van der Waals surface area contributed by atoms with Crippen LogP contribution in [-0.4, -0.2) is 31.3 Å². The molecule has 0 atom stereocenters. The SMILES string of the molecule is Cc1cc(NCCOCCN)ncc1Br. The van der Waals surface area contributed by atoms with Crippen LogP contribution in [0, 0.1) is 6.92 Å². The minimum absolute atomic E-state index is 0.565. The van der Waals surface area contributed by atoms with E-state index in [0.717, 1.165) is 22.4 Å². The average molecular weight is 274 g/mol. The Hall–Kier alpha value is -0.650. The second-order valence-corrected chi connectivity index (χ2v) is 4.00. The fourth-order valence-corrected chi connectivity index (χ4v) is 1.29. The largest absolute Gasteiger partial charge is 0.378 e. The van der Waals surface area contributed by atoms with Gasteiger partial charge in [0.1, 0.15) is 5.82 Å². The molecule has 0 amide bonds. The van der Waals surface area contributed by atoms with E-state index < -0.39 is 0 Å². The lowest BCUT2D eigenvalue weighted by Crippen LogP contribution is -2.14. The normalized spacial score (nSPS) is 10.3. The van der Waals surface area contributed by atoms with Crippen molar-refractivity contribution in [1.29, 1.82) is 0 Å². The summed E-state index contributed by atoms with van der Waals surface area (Å²) in [6, 6.07) is 1.99. The number of anilines is 1. The molecule has 0 fully saturated rings. The van der Waals surface area contributed by atoms with E-state index in [-0.39, 0.29) is 0 Å². The van der Waals surface area contributed by atoms with Crippen molar-refractivity contribution < 1.29 is 4.74 Å². The lowest BCUT2D eigenvalue weighted by molar-refractivity contribution is 0.151. The number of hydrogen-bond donors (Lipinski definition) is 2. The van der Waals surface area contributed by atoms with Crippen LogP contribution in [0.1, 0.15) is 5.56 Å². The number of ether oxygens (including phenoxy) is 1. The van der Waals surface area contributed by atoms with Crippen molar-refractivity contribution in [2.45, 2.75) is 6.92 Å². The van der Waals surface area contributed by atoms with Crippen LogP contribution < -0.4 is 11.1 Å². The molecule has 0 aliphatic heterocycles. The molecule has 0 unspecified atom stereocenters. The molecule has 3 N–H and O–H groups in total. The van der Waals surface area contributed by atoms with Crippen LogP contribution >= 0.6 is 15.9 Å². The first kappa shape index (κ1) is 12.4. The Morgan fingerprint density at radius 3 is 3.00 bits per heavy atom. The van der Waals surface area contributed by atoms with E-state index in [0.29, 0.717) is 19.8 Å². The van der Waals surface area contributed by atoms with Gasteiger partial charge in [0.05, 0.1) is 13.2 Å². The summed E-state index contributed by atoms with van der Waals surface area (Å²) in [6.07, 6.45) is 1.79. The van der Waals surface area contributed by atoms with Crippen LogP contribution in [0.25, 0.3) is 0 Å². The summed E-state index contributed by atoms with van der Waals surface area (Å²) in [6.45, 7) is 4.59. The molecule has 0 bridgehead atoms. The smallest absolute Gasteiger partial charge is 0.126 e. The van der Waals surface area contributed by atoms with Crippen molar-refractivity contribution in [2.75, 3.05) is 31.6 Å². The number of rotatable bonds is 6. The predicted octanol–water partition coefficient (Wildman–Crippen LogP) is 1.54. The van der Waals surface area contributed by atoms with Crippen LogP contribution in [0.2, 0.25) is 0 Å². The van der Waals surface area contributed by atoms with Crippen molar-refractivity contribution >= 4 is 21.7 Å². The molecule has 1 aromatic heterocycles. The summed E-state index contributed by atoms with van der Waals surface area (Å²) in [7, 11) is 0. The fraction of sp³-hybridized carbons (Fsp3) is 0.500. The van der Waals surface area contributed by atoms with Gasteiger partial charge in [0.2, 0.25) is 0 Å². The van der Waals surface area contributed by atoms with Gasteiger partial charge in [-0.3, -0.25) is 0 Å². The molecule has 0 radical (unpaired) electrons. The molecule has 84 valence electrons. The Kier molecular flexibility index (Phi) is 5.60. The van der Waals surface area contributed by atoms with Crippen LogP contribution in [0.15, 0.2) is 16.7 Å². The van der Waals surface area contributed by atoms with Gasteiger partial charge in [-0.2, -0.15) is 0 Å². The second kappa shape index (κ2) is 6.76. The lowest BCUT2D eigenvalue weighted by atomic mass is 10.3. The lowest BCUT2D eigenvalue weighted by Gasteiger charge is -2.07. The Labute approximate surface area is 98.3 Å². The van der Waals surface area contributed by atoms with E-state index in [1.165, 1.54) is 0 Å². The minimum Gasteiger partial charge on any atom is -0.378 e. The Morgan fingerprint density at radius 1 is 1.53 bits per heavy atom. The molecule has 0 aliphatic rings. The molecule has 0 saturated carbocycles. The molecule has 1 aromatic rings. The number of hydrogen-bond acceptors (Lipinski definition) is 4. The quantitative estimate of drug-likeness (QED) is 0.772. The third kappa shape index (κ3) is 4.59. The molecule has 0 aromatic carbocycles. The molecule has 4 nitrogen and oxygen atoms in total. The number of nitrogens with two attached hydrogens (primary N) is 1. The Morgan fingerprint density at radius 2 is 2.33 bits per heavy atom. The van der Waals surface area contributed by atoms with Gasteiger partial charge < -0.3 is 15.8 Å². The number of halogens is 1. The first-order valence-corrected chi connectivity index (χ1v) is 5.67. The standard InChI is InChI=1S/C10H16BrN3O/c1-8-6-10(14-7-9(8)11)13-3-5-15-4-2-12/h6-7H,2-5,12H2,1H3,(H,13,14). The van der Waals surface area contributed by atoms with Crippen molar-refractivity contribution in [1.82, 2.24) is 4.98 Å². The number of nitrogens with one attached hydrogen (secondary N) is 1. The van der Waals surface area contributed by atoms with Gasteiger partial charge in [-0.1, -0.05) is 0 Å². The maximum atomic E-state index is 5.30. The zero-order valence-electron chi connectivity index (χ0n) is 8.79. The van der Waals surface area contributed by atoms with E-state index in [1.807, 2.05) is 13.0 Å². The first-order chi connectivity index (χ1) is 7.24. The molecular weight excluding hydrogens is 258 g/mol. The first-order valence-electron chi connectivity index (χ1n) is 4.88. The predicted molar refractivity (Wildman–Crippen MR) is 65.0 cm³/mol. The van der Waals surface area contributed by atoms with Gasteiger partial charge in [-0.25, -0.2) is 4.98 Å². The molecular formula is C10H16BrN3O. The topological polar surface area (TPSA) is 60.2 Å². The highest BCUT2D eigenvalue weighted by Gasteiger charge is 1.97. The van der Waals surface area contributed by atoms with Gasteiger partial charge in [-0.15, -0.1) is 0 Å². The van der Waals surface area contributed by atoms with E-state index in [1.54, 1.807) is 6.20 Å². The van der Waals surface area contributed by atoms with E-state index in [4.69, 9.17) is 10.5 Å². The van der Waals surface area contributed by atoms with Gasteiger partial charge >= 0.3 is 0 Å². The van der Waals surface area contributed by atoms with Crippen LogP contribution in [0.3, 0.4) is 0 Å². The zero-order chi connectivity index (χ0) is 11.1. The van der Waals surface area contributed by atoms with Crippen molar-refractivity contribution in [3.8, 4) is 0 Å². The third-order valence-corrected chi connectivity index (χ3v) is 2.69. The number of aromatic nitrogens is 1. The van der Waals surface area contributed by atoms with Crippen molar-refractivity contribution in [2.24, 2.45) is 5.73 Å². The summed E-state index contributed by atoms with van der Waals surface area (Å²) in [5.41, 5.74) is 6.46. The highest BCUT2D eigenvalue weighted by Crippen LogP contribution is 2.16. The zero-order valence-corrected chi connectivity index (χ0v) is 10.4. The summed E-state index contributed by atoms with van der Waals surface area (Å²) in [5, 5.41) is 3.17. The van der Waals surface area contributed by atoms with Crippen LogP contribution in [0.4, 0.5) is 5.82 Å². The molecule has 5 heteroatoms. The fourth-order valence-electron chi connectivity index (χ4n) is 1.07. The van der Waals surface area contributed by atoms with Gasteiger partial charge in [0, 0.05) is 23.8 Å². The summed E-state index contributed by atoms with van der Waals surface area (Å²) >= 11 is 3.40. The number of pyridine rings is 1. The molecule has 0 aliphatic carbocycles. The number of aryl methyl sites for hydroxylation is 1. The highest BCUT2D eigenvalue weighted by molar-refractivity contribution is 9.10. The Bertz CT molecular complexity index is 307. The van der Waals surface area contributed by atoms with Crippen molar-refractivity contribution in [3.63, 3.8) is 0 Å². The van der Waals surface area contributed by atoms with E-state index in [9.17, 15) is 0 Å². The second-order valence-electron chi connectivity index (χ2n) is 3.15. The van der Waals surface area contributed by atoms with E-state index >= 15 is 0 Å². The monoisotopic (exact) mass is 273 g/mol. The summed E-state index contributed by atoms with van der Waals surface area (Å²) in [4.78, 5) is 4.22. The Balaban J connectivity index is 2.28. The van der Waals surface area contributed by atoms with Gasteiger partial charge in [-0.05, 0) is 34.5 Å². The van der Waals surface area contributed by atoms with E-state index in [2.05, 4.69) is 26.2 Å². The third-order valence-electron chi connectivity index (χ3n) is 1.86. The summed E-state index contributed by atoms with van der Waals surface area (Å²) < 4.78 is 6.25. The highest BCUT2D eigenvalue weighted by atomic mass is 79.9. The molecule has 1 rings (SSSR count). The molecule has 0 saturated heterocycles. The molecule has 15 heavy (non-hydrogen) atoms.